The molecule has 6 N–H and O–H groups in total. The van der Waals surface area contributed by atoms with E-state index in [2.05, 4.69) is 34.6 Å². The largest absolute Gasteiger partial charge is 0.457 e. The van der Waals surface area contributed by atoms with Crippen LogP contribution >= 0.6 is 0 Å². The molecule has 274 valence electrons. The number of ether oxygens (including phenoxy) is 4. The Bertz CT molecular complexity index is 1300. The summed E-state index contributed by atoms with van der Waals surface area (Å²) in [6.07, 6.45) is -0.902. The van der Waals surface area contributed by atoms with Gasteiger partial charge in [0.05, 0.1) is 18.3 Å². The van der Waals surface area contributed by atoms with Gasteiger partial charge in [0.15, 0.2) is 18.2 Å². The van der Waals surface area contributed by atoms with Crippen LogP contribution in [-0.4, -0.2) is 104 Å². The first kappa shape index (κ1) is 35.5. The van der Waals surface area contributed by atoms with Crippen molar-refractivity contribution in [1.82, 2.24) is 0 Å². The Labute approximate surface area is 284 Å². The third-order valence-corrected chi connectivity index (χ3v) is 15.9. The molecule has 11 nitrogen and oxygen atoms in total. The summed E-state index contributed by atoms with van der Waals surface area (Å²) in [7, 11) is 0. The van der Waals surface area contributed by atoms with Crippen LogP contribution in [0.15, 0.2) is 0 Å². The molecule has 48 heavy (non-hydrogen) atoms. The molecule has 5 saturated carbocycles. The van der Waals surface area contributed by atoms with Crippen molar-refractivity contribution in [2.45, 2.75) is 167 Å². The Kier molecular flexibility index (Phi) is 8.01. The number of fused-ring (bicyclic) bond motifs is 4. The maximum Gasteiger partial charge on any atom is 0.303 e. The van der Waals surface area contributed by atoms with Crippen molar-refractivity contribution >= 4 is 5.97 Å². The summed E-state index contributed by atoms with van der Waals surface area (Å²) in [6, 6.07) is 0. The van der Waals surface area contributed by atoms with E-state index in [0.717, 1.165) is 44.9 Å². The maximum atomic E-state index is 12.6. The summed E-state index contributed by atoms with van der Waals surface area (Å²) in [5.74, 6) is -2.26. The van der Waals surface area contributed by atoms with Gasteiger partial charge < -0.3 is 49.6 Å². The van der Waals surface area contributed by atoms with Gasteiger partial charge in [0.2, 0.25) is 0 Å². The summed E-state index contributed by atoms with van der Waals surface area (Å²) < 4.78 is 24.2. The van der Waals surface area contributed by atoms with E-state index in [1.54, 1.807) is 13.8 Å². The summed E-state index contributed by atoms with van der Waals surface area (Å²) in [5, 5.41) is 67.0. The topological polar surface area (TPSA) is 175 Å². The Morgan fingerprint density at radius 3 is 2.23 bits per heavy atom. The normalized spacial score (nSPS) is 56.1. The second-order valence-corrected chi connectivity index (χ2v) is 18.8. The quantitative estimate of drug-likeness (QED) is 0.186. The Morgan fingerprint density at radius 1 is 0.938 bits per heavy atom. The van der Waals surface area contributed by atoms with E-state index in [4.69, 9.17) is 18.9 Å². The minimum atomic E-state index is -1.86. The molecule has 2 aliphatic heterocycles. The molecule has 0 bridgehead atoms. The third-order valence-electron chi connectivity index (χ3n) is 15.9. The zero-order valence-corrected chi connectivity index (χ0v) is 30.0. The molecule has 2 spiro atoms. The molecule has 7 aliphatic rings. The Hall–Kier alpha value is -0.890. The van der Waals surface area contributed by atoms with E-state index in [-0.39, 0.29) is 46.7 Å². The number of hydrogen-bond donors (Lipinski definition) is 6. The first-order valence-electron chi connectivity index (χ1n) is 18.4. The van der Waals surface area contributed by atoms with Crippen molar-refractivity contribution in [1.29, 1.82) is 0 Å². The lowest BCUT2D eigenvalue weighted by Gasteiger charge is -2.63. The molecule has 17 atom stereocenters. The van der Waals surface area contributed by atoms with E-state index < -0.39 is 71.1 Å². The van der Waals surface area contributed by atoms with Crippen molar-refractivity contribution in [3.63, 3.8) is 0 Å². The predicted octanol–water partition coefficient (Wildman–Crippen LogP) is 2.65. The van der Waals surface area contributed by atoms with Crippen LogP contribution in [0.1, 0.15) is 107 Å². The summed E-state index contributed by atoms with van der Waals surface area (Å²) in [4.78, 5) is 12.1. The molecule has 0 aromatic rings. The monoisotopic (exact) mass is 680 g/mol. The highest BCUT2D eigenvalue weighted by atomic mass is 16.7. The van der Waals surface area contributed by atoms with Crippen molar-refractivity contribution in [2.75, 3.05) is 6.61 Å². The standard InChI is InChI=1S/C37H60O11/c1-18-15-21(28(32(5,6)43)46-19(2)38)48-37(44)27(18)33(7)13-14-36-17-35(36)12-11-24(47-29-26(41)25(40)20(39)16-45-29)31(3,4)22(35)9-10-23(36)34(33,8)30(37)42/h18,20-30,39-44H,9-17H2,1-8H3/t18-,20?,21?,22?,23?,24+,25+,26-,27-,28+,29+,30-,33-,34-,35-,36?,37-/m1/s1. The van der Waals surface area contributed by atoms with Crippen LogP contribution in [0.4, 0.5) is 0 Å². The van der Waals surface area contributed by atoms with Gasteiger partial charge in [0.25, 0.3) is 0 Å². The second kappa shape index (κ2) is 10.8. The molecule has 0 aromatic carbocycles. The van der Waals surface area contributed by atoms with Crippen LogP contribution in [0.3, 0.4) is 0 Å². The minimum absolute atomic E-state index is 0.0222. The lowest BCUT2D eigenvalue weighted by molar-refractivity contribution is -0.342. The van der Waals surface area contributed by atoms with E-state index in [9.17, 15) is 35.4 Å². The summed E-state index contributed by atoms with van der Waals surface area (Å²) in [5.41, 5.74) is -2.59. The fourth-order valence-electron chi connectivity index (χ4n) is 13.8. The lowest BCUT2D eigenvalue weighted by Crippen LogP contribution is -2.62. The maximum absolute atomic E-state index is 12.6. The average molecular weight is 681 g/mol. The first-order valence-corrected chi connectivity index (χ1v) is 18.4. The SMILES string of the molecule is CC(=O)O[C@@H](C1C[C@@H](C)[C@H]2[C@@](O)(O1)[C@H](O)[C@@]1(C)C3CCC4C(C)(C)[C@@H](O[C@@H]5OCC(O)[C@H](O)[C@H]5O)CC[C@@]45CC35CC[C@]21C)C(C)(C)O. The van der Waals surface area contributed by atoms with Crippen molar-refractivity contribution in [2.24, 2.45) is 50.7 Å². The zero-order chi connectivity index (χ0) is 35.2. The van der Waals surface area contributed by atoms with Gasteiger partial charge in [0.1, 0.15) is 30.5 Å². The molecule has 0 radical (unpaired) electrons. The molecule has 5 unspecified atom stereocenters. The van der Waals surface area contributed by atoms with Gasteiger partial charge in [0, 0.05) is 18.3 Å². The molecule has 7 rings (SSSR count). The van der Waals surface area contributed by atoms with Gasteiger partial charge in [-0.15, -0.1) is 0 Å². The summed E-state index contributed by atoms with van der Waals surface area (Å²) in [6.45, 7) is 15.4. The molecule has 2 heterocycles. The van der Waals surface area contributed by atoms with Gasteiger partial charge in [-0.3, -0.25) is 4.79 Å². The van der Waals surface area contributed by atoms with Gasteiger partial charge >= 0.3 is 5.97 Å². The number of carbonyl (C=O) groups excluding carboxylic acids is 1. The second-order valence-electron chi connectivity index (χ2n) is 18.8. The molecule has 0 aromatic heterocycles. The Morgan fingerprint density at radius 2 is 1.58 bits per heavy atom. The highest BCUT2D eigenvalue weighted by Gasteiger charge is 2.86. The molecule has 11 heteroatoms. The summed E-state index contributed by atoms with van der Waals surface area (Å²) >= 11 is 0. The molecule has 0 amide bonds. The minimum Gasteiger partial charge on any atom is -0.457 e. The molecule has 2 saturated heterocycles. The van der Waals surface area contributed by atoms with Crippen LogP contribution < -0.4 is 0 Å². The predicted molar refractivity (Wildman–Crippen MR) is 172 cm³/mol. The fraction of sp³-hybridized carbons (Fsp3) is 0.973. The van der Waals surface area contributed by atoms with Crippen molar-refractivity contribution in [3.05, 3.63) is 0 Å². The van der Waals surface area contributed by atoms with E-state index in [1.807, 2.05) is 0 Å². The third kappa shape index (κ3) is 4.41. The number of hydrogen-bond acceptors (Lipinski definition) is 11. The van der Waals surface area contributed by atoms with Crippen LogP contribution in [0.5, 0.6) is 0 Å². The lowest BCUT2D eigenvalue weighted by atomic mass is 9.41. The van der Waals surface area contributed by atoms with Gasteiger partial charge in [-0.25, -0.2) is 0 Å². The molecular formula is C37H60O11. The number of esters is 1. The van der Waals surface area contributed by atoms with Gasteiger partial charge in [-0.2, -0.15) is 0 Å². The average Bonchev–Trinajstić information content (AvgIpc) is 3.62. The number of carbonyl (C=O) groups is 1. The number of rotatable bonds is 5. The smallest absolute Gasteiger partial charge is 0.303 e. The Balaban J connectivity index is 1.17. The van der Waals surface area contributed by atoms with Crippen LogP contribution in [0.25, 0.3) is 0 Å². The molecular weight excluding hydrogens is 620 g/mol. The molecule has 5 aliphatic carbocycles. The number of aliphatic hydroxyl groups excluding tert-OH is 4. The molecule has 7 fully saturated rings. The van der Waals surface area contributed by atoms with Crippen molar-refractivity contribution in [3.8, 4) is 0 Å². The fourth-order valence-corrected chi connectivity index (χ4v) is 13.8. The van der Waals surface area contributed by atoms with Crippen molar-refractivity contribution < 1.29 is 54.4 Å². The zero-order valence-electron chi connectivity index (χ0n) is 30.0. The van der Waals surface area contributed by atoms with Crippen LogP contribution in [0.2, 0.25) is 0 Å². The van der Waals surface area contributed by atoms with E-state index >= 15 is 0 Å². The van der Waals surface area contributed by atoms with Crippen LogP contribution in [0, 0.1) is 50.7 Å². The van der Waals surface area contributed by atoms with Gasteiger partial charge in [-0.05, 0) is 105 Å². The highest BCUT2D eigenvalue weighted by molar-refractivity contribution is 5.66. The van der Waals surface area contributed by atoms with E-state index in [1.165, 1.54) is 6.92 Å². The van der Waals surface area contributed by atoms with E-state index in [0.29, 0.717) is 12.3 Å². The first-order chi connectivity index (χ1) is 22.1. The van der Waals surface area contributed by atoms with Crippen LogP contribution in [-0.2, 0) is 23.7 Å². The van der Waals surface area contributed by atoms with Gasteiger partial charge in [-0.1, -0.05) is 34.6 Å². The highest BCUT2D eigenvalue weighted by Crippen LogP contribution is 2.89. The number of aliphatic hydroxyl groups is 6.